The smallest absolute Gasteiger partial charge is 0.332 e. The molecule has 1 amide bonds. The molecule has 4 atom stereocenters. The molecule has 0 aromatic heterocycles. The second-order valence-electron chi connectivity index (χ2n) is 5.26. The molecule has 2 aliphatic rings. The van der Waals surface area contributed by atoms with Crippen molar-refractivity contribution in [3.63, 3.8) is 0 Å². The molecule has 6 heteroatoms. The zero-order valence-electron chi connectivity index (χ0n) is 11.1. The molecule has 0 aromatic carbocycles. The number of thioether (sulfide) groups is 1. The first-order valence-electron chi connectivity index (χ1n) is 6.81. The van der Waals surface area contributed by atoms with E-state index < -0.39 is 18.2 Å². The molecule has 2 N–H and O–H groups in total. The van der Waals surface area contributed by atoms with Gasteiger partial charge in [0.1, 0.15) is 6.10 Å². The minimum atomic E-state index is -0.976. The fourth-order valence-corrected chi connectivity index (χ4v) is 3.62. The Morgan fingerprint density at radius 2 is 1.95 bits per heavy atom. The molecular formula is C13H21NO4S. The zero-order chi connectivity index (χ0) is 13.8. The molecule has 1 heterocycles. The molecule has 108 valence electrons. The maximum Gasteiger partial charge on any atom is 0.332 e. The van der Waals surface area contributed by atoms with E-state index in [0.717, 1.165) is 19.3 Å². The van der Waals surface area contributed by atoms with Crippen LogP contribution < -0.4 is 5.32 Å². The maximum atomic E-state index is 12.0. The molecule has 4 unspecified atom stereocenters. The van der Waals surface area contributed by atoms with E-state index in [0.29, 0.717) is 18.1 Å². The summed E-state index contributed by atoms with van der Waals surface area (Å²) in [5.41, 5.74) is 0. The third-order valence-corrected chi connectivity index (χ3v) is 4.99. The molecule has 19 heavy (non-hydrogen) atoms. The van der Waals surface area contributed by atoms with Gasteiger partial charge in [0.05, 0.1) is 0 Å². The van der Waals surface area contributed by atoms with E-state index in [2.05, 4.69) is 11.6 Å². The van der Waals surface area contributed by atoms with E-state index in [1.54, 1.807) is 0 Å². The van der Waals surface area contributed by atoms with Crippen molar-refractivity contribution in [1.82, 2.24) is 5.32 Å². The van der Waals surface area contributed by atoms with Crippen molar-refractivity contribution in [2.45, 2.75) is 62.0 Å². The van der Waals surface area contributed by atoms with Crippen LogP contribution in [0.15, 0.2) is 0 Å². The molecule has 0 radical (unpaired) electrons. The Morgan fingerprint density at radius 3 is 2.58 bits per heavy atom. The third kappa shape index (κ3) is 3.86. The van der Waals surface area contributed by atoms with Gasteiger partial charge in [0.25, 0.3) is 0 Å². The van der Waals surface area contributed by atoms with Crippen LogP contribution in [0.1, 0.15) is 38.5 Å². The minimum Gasteiger partial charge on any atom is -0.479 e. The van der Waals surface area contributed by atoms with E-state index in [-0.39, 0.29) is 11.9 Å². The molecule has 1 aliphatic carbocycles. The van der Waals surface area contributed by atoms with Gasteiger partial charge in [-0.15, -0.1) is 0 Å². The van der Waals surface area contributed by atoms with Gasteiger partial charge in [-0.05, 0) is 38.4 Å². The van der Waals surface area contributed by atoms with Crippen molar-refractivity contribution >= 4 is 23.6 Å². The molecule has 1 aliphatic heterocycles. The first-order chi connectivity index (χ1) is 9.10. The molecule has 1 saturated heterocycles. The topological polar surface area (TPSA) is 75.6 Å². The quantitative estimate of drug-likeness (QED) is 0.817. The summed E-state index contributed by atoms with van der Waals surface area (Å²) in [6.45, 7) is 0. The number of hydrogen-bond acceptors (Lipinski definition) is 4. The van der Waals surface area contributed by atoms with Gasteiger partial charge in [-0.2, -0.15) is 11.8 Å². The average molecular weight is 287 g/mol. The SMILES string of the molecule is CSC1CCCC(NC(=O)C2CCC(C(=O)O)O2)C1. The average Bonchev–Trinajstić information content (AvgIpc) is 2.89. The van der Waals surface area contributed by atoms with Crippen LogP contribution in [0.3, 0.4) is 0 Å². The summed E-state index contributed by atoms with van der Waals surface area (Å²) in [5, 5.41) is 12.5. The largest absolute Gasteiger partial charge is 0.479 e. The number of hydrogen-bond donors (Lipinski definition) is 2. The second kappa shape index (κ2) is 6.61. The summed E-state index contributed by atoms with van der Waals surface area (Å²) in [7, 11) is 0. The summed E-state index contributed by atoms with van der Waals surface area (Å²) in [6, 6.07) is 0.214. The fourth-order valence-electron chi connectivity index (χ4n) is 2.80. The van der Waals surface area contributed by atoms with Gasteiger partial charge in [0.15, 0.2) is 6.10 Å². The number of carbonyl (C=O) groups excluding carboxylic acids is 1. The Kier molecular flexibility index (Phi) is 5.10. The number of carboxylic acid groups (broad SMARTS) is 1. The lowest BCUT2D eigenvalue weighted by Crippen LogP contribution is -2.44. The number of ether oxygens (including phenoxy) is 1. The van der Waals surface area contributed by atoms with Gasteiger partial charge in [-0.3, -0.25) is 4.79 Å². The normalized spacial score (nSPS) is 35.0. The molecular weight excluding hydrogens is 266 g/mol. The van der Waals surface area contributed by atoms with Gasteiger partial charge >= 0.3 is 5.97 Å². The Bertz CT molecular complexity index is 350. The zero-order valence-corrected chi connectivity index (χ0v) is 11.9. The van der Waals surface area contributed by atoms with Crippen LogP contribution in [0.4, 0.5) is 0 Å². The van der Waals surface area contributed by atoms with E-state index >= 15 is 0 Å². The number of nitrogens with one attached hydrogen (secondary N) is 1. The highest BCUT2D eigenvalue weighted by atomic mass is 32.2. The first kappa shape index (κ1) is 14.7. The monoisotopic (exact) mass is 287 g/mol. The van der Waals surface area contributed by atoms with E-state index in [9.17, 15) is 9.59 Å². The molecule has 0 bridgehead atoms. The number of carbonyl (C=O) groups is 2. The van der Waals surface area contributed by atoms with Gasteiger partial charge < -0.3 is 15.2 Å². The predicted octanol–water partition coefficient (Wildman–Crippen LogP) is 1.41. The van der Waals surface area contributed by atoms with Crippen molar-refractivity contribution in [2.75, 3.05) is 6.26 Å². The van der Waals surface area contributed by atoms with Gasteiger partial charge in [-0.25, -0.2) is 4.79 Å². The van der Waals surface area contributed by atoms with Gasteiger partial charge in [0.2, 0.25) is 5.91 Å². The number of aliphatic carboxylic acids is 1. The third-order valence-electron chi connectivity index (χ3n) is 3.89. The highest BCUT2D eigenvalue weighted by Gasteiger charge is 2.35. The molecule has 5 nitrogen and oxygen atoms in total. The molecule has 2 rings (SSSR count). The number of rotatable bonds is 4. The van der Waals surface area contributed by atoms with Crippen LogP contribution in [0.25, 0.3) is 0 Å². The Hall–Kier alpha value is -0.750. The Labute approximate surface area is 117 Å². The summed E-state index contributed by atoms with van der Waals surface area (Å²) >= 11 is 1.85. The van der Waals surface area contributed by atoms with Crippen molar-refractivity contribution in [2.24, 2.45) is 0 Å². The summed E-state index contributed by atoms with van der Waals surface area (Å²) < 4.78 is 5.26. The molecule has 1 saturated carbocycles. The lowest BCUT2D eigenvalue weighted by molar-refractivity contribution is -0.151. The van der Waals surface area contributed by atoms with Crippen LogP contribution in [0.2, 0.25) is 0 Å². The molecule has 0 spiro atoms. The van der Waals surface area contributed by atoms with Crippen LogP contribution >= 0.6 is 11.8 Å². The van der Waals surface area contributed by atoms with Crippen molar-refractivity contribution in [1.29, 1.82) is 0 Å². The predicted molar refractivity (Wildman–Crippen MR) is 73.2 cm³/mol. The second-order valence-corrected chi connectivity index (χ2v) is 6.40. The maximum absolute atomic E-state index is 12.0. The summed E-state index contributed by atoms with van der Waals surface area (Å²) in [4.78, 5) is 22.8. The van der Waals surface area contributed by atoms with Crippen LogP contribution in [0, 0.1) is 0 Å². The number of amides is 1. The van der Waals surface area contributed by atoms with E-state index in [4.69, 9.17) is 9.84 Å². The van der Waals surface area contributed by atoms with Gasteiger partial charge in [-0.1, -0.05) is 6.42 Å². The molecule has 2 fully saturated rings. The Balaban J connectivity index is 1.79. The van der Waals surface area contributed by atoms with Crippen LogP contribution in [0.5, 0.6) is 0 Å². The van der Waals surface area contributed by atoms with Crippen molar-refractivity contribution in [3.05, 3.63) is 0 Å². The standard InChI is InChI=1S/C13H21NO4S/c1-19-9-4-2-3-8(7-9)14-12(15)10-5-6-11(18-10)13(16)17/h8-11H,2-7H2,1H3,(H,14,15)(H,16,17). The lowest BCUT2D eigenvalue weighted by atomic mass is 9.94. The van der Waals surface area contributed by atoms with Gasteiger partial charge in [0, 0.05) is 11.3 Å². The fraction of sp³-hybridized carbons (Fsp3) is 0.846. The van der Waals surface area contributed by atoms with Crippen LogP contribution in [-0.2, 0) is 14.3 Å². The first-order valence-corrected chi connectivity index (χ1v) is 8.10. The summed E-state index contributed by atoms with van der Waals surface area (Å²) in [5.74, 6) is -1.12. The lowest BCUT2D eigenvalue weighted by Gasteiger charge is -2.29. The minimum absolute atomic E-state index is 0.143. The van der Waals surface area contributed by atoms with Crippen LogP contribution in [-0.4, -0.2) is 46.7 Å². The summed E-state index contributed by atoms with van der Waals surface area (Å²) in [6.07, 6.45) is 5.99. The molecule has 0 aromatic rings. The van der Waals surface area contributed by atoms with Crippen molar-refractivity contribution < 1.29 is 19.4 Å². The van der Waals surface area contributed by atoms with E-state index in [1.165, 1.54) is 6.42 Å². The van der Waals surface area contributed by atoms with E-state index in [1.807, 2.05) is 11.8 Å². The highest BCUT2D eigenvalue weighted by Crippen LogP contribution is 2.27. The highest BCUT2D eigenvalue weighted by molar-refractivity contribution is 7.99. The number of carboxylic acids is 1. The van der Waals surface area contributed by atoms with Crippen molar-refractivity contribution in [3.8, 4) is 0 Å². The Morgan fingerprint density at radius 1 is 1.21 bits per heavy atom.